The van der Waals surface area contributed by atoms with Crippen LogP contribution in [0.2, 0.25) is 0 Å². The zero-order valence-corrected chi connectivity index (χ0v) is 16.0. The summed E-state index contributed by atoms with van der Waals surface area (Å²) in [5.74, 6) is 0.0337. The Kier molecular flexibility index (Phi) is 4.94. The Morgan fingerprint density at radius 3 is 2.67 bits per heavy atom. The minimum absolute atomic E-state index is 0.0595. The van der Waals surface area contributed by atoms with E-state index >= 15 is 0 Å². The van der Waals surface area contributed by atoms with E-state index in [1.54, 1.807) is 0 Å². The molecule has 0 spiro atoms. The summed E-state index contributed by atoms with van der Waals surface area (Å²) in [7, 11) is 1.94. The minimum Gasteiger partial charge on any atom is -0.481 e. The fourth-order valence-corrected chi connectivity index (χ4v) is 5.00. The SMILES string of the molecule is CN(C(=O)CC1CCCC1)[C@@H]1CCc2c(CC(=O)O)c3ccccc3n2C1. The van der Waals surface area contributed by atoms with Crippen LogP contribution in [0.1, 0.15) is 49.8 Å². The molecule has 5 nitrogen and oxygen atoms in total. The number of carboxylic acids is 1. The van der Waals surface area contributed by atoms with Gasteiger partial charge in [0, 0.05) is 42.7 Å². The minimum atomic E-state index is -0.792. The molecule has 2 heterocycles. The molecule has 1 atom stereocenters. The van der Waals surface area contributed by atoms with Crippen LogP contribution >= 0.6 is 0 Å². The van der Waals surface area contributed by atoms with Gasteiger partial charge in [0.1, 0.15) is 0 Å². The van der Waals surface area contributed by atoms with Gasteiger partial charge >= 0.3 is 5.97 Å². The third kappa shape index (κ3) is 3.47. The average molecular weight is 368 g/mol. The van der Waals surface area contributed by atoms with Gasteiger partial charge in [-0.25, -0.2) is 0 Å². The normalized spacial score (nSPS) is 20.0. The maximum Gasteiger partial charge on any atom is 0.307 e. The van der Waals surface area contributed by atoms with Crippen molar-refractivity contribution in [1.29, 1.82) is 0 Å². The van der Waals surface area contributed by atoms with Crippen LogP contribution in [-0.4, -0.2) is 39.5 Å². The molecule has 1 fully saturated rings. The summed E-state index contributed by atoms with van der Waals surface area (Å²) in [5.41, 5.74) is 3.16. The van der Waals surface area contributed by atoms with Crippen LogP contribution in [-0.2, 0) is 29.0 Å². The van der Waals surface area contributed by atoms with Crippen LogP contribution in [0.15, 0.2) is 24.3 Å². The van der Waals surface area contributed by atoms with E-state index in [2.05, 4.69) is 10.6 Å². The maximum atomic E-state index is 12.8. The van der Waals surface area contributed by atoms with Crippen LogP contribution in [0.25, 0.3) is 10.9 Å². The molecule has 144 valence electrons. The first-order valence-electron chi connectivity index (χ1n) is 10.1. The van der Waals surface area contributed by atoms with Crippen LogP contribution < -0.4 is 0 Å². The van der Waals surface area contributed by atoms with Gasteiger partial charge in [0.2, 0.25) is 5.91 Å². The molecule has 1 aliphatic carbocycles. The van der Waals surface area contributed by atoms with E-state index in [9.17, 15) is 14.7 Å². The zero-order valence-electron chi connectivity index (χ0n) is 16.0. The quantitative estimate of drug-likeness (QED) is 0.877. The Hall–Kier alpha value is -2.30. The van der Waals surface area contributed by atoms with Crippen LogP contribution in [0.5, 0.6) is 0 Å². The summed E-state index contributed by atoms with van der Waals surface area (Å²) < 4.78 is 2.25. The van der Waals surface area contributed by atoms with E-state index < -0.39 is 5.97 Å². The van der Waals surface area contributed by atoms with Gasteiger partial charge in [-0.2, -0.15) is 0 Å². The molecule has 0 unspecified atom stereocenters. The molecule has 4 rings (SSSR count). The second kappa shape index (κ2) is 7.37. The summed E-state index contributed by atoms with van der Waals surface area (Å²) in [6.45, 7) is 0.752. The number of para-hydroxylation sites is 1. The van der Waals surface area contributed by atoms with Gasteiger partial charge in [0.15, 0.2) is 0 Å². The lowest BCUT2D eigenvalue weighted by Crippen LogP contribution is -2.43. The second-order valence-electron chi connectivity index (χ2n) is 8.18. The highest BCUT2D eigenvalue weighted by Gasteiger charge is 2.30. The molecule has 0 bridgehead atoms. The Morgan fingerprint density at radius 1 is 1.19 bits per heavy atom. The molecule has 1 aliphatic heterocycles. The predicted octanol–water partition coefficient (Wildman–Crippen LogP) is 3.62. The lowest BCUT2D eigenvalue weighted by atomic mass is 9.98. The number of amides is 1. The number of carboxylic acid groups (broad SMARTS) is 1. The van der Waals surface area contributed by atoms with Gasteiger partial charge in [-0.1, -0.05) is 31.0 Å². The van der Waals surface area contributed by atoms with E-state index in [4.69, 9.17) is 0 Å². The van der Waals surface area contributed by atoms with Crippen molar-refractivity contribution in [2.45, 2.75) is 64.0 Å². The summed E-state index contributed by atoms with van der Waals surface area (Å²) in [5, 5.41) is 10.4. The molecular weight excluding hydrogens is 340 g/mol. The highest BCUT2D eigenvalue weighted by Crippen LogP contribution is 2.33. The molecule has 2 aliphatic rings. The first-order chi connectivity index (χ1) is 13.0. The van der Waals surface area contributed by atoms with Gasteiger partial charge in [0.25, 0.3) is 0 Å². The van der Waals surface area contributed by atoms with Gasteiger partial charge in [-0.05, 0) is 43.2 Å². The highest BCUT2D eigenvalue weighted by atomic mass is 16.4. The first kappa shape index (κ1) is 18.1. The van der Waals surface area contributed by atoms with Crippen molar-refractivity contribution in [2.24, 2.45) is 5.92 Å². The van der Waals surface area contributed by atoms with Gasteiger partial charge < -0.3 is 14.6 Å². The monoisotopic (exact) mass is 368 g/mol. The Balaban J connectivity index is 1.57. The summed E-state index contributed by atoms with van der Waals surface area (Å²) in [6, 6.07) is 8.23. The summed E-state index contributed by atoms with van der Waals surface area (Å²) in [4.78, 5) is 26.1. The molecule has 1 N–H and O–H groups in total. The third-order valence-electron chi connectivity index (χ3n) is 6.51. The molecule has 0 radical (unpaired) electrons. The smallest absolute Gasteiger partial charge is 0.307 e. The predicted molar refractivity (Wildman–Crippen MR) is 105 cm³/mol. The first-order valence-corrected chi connectivity index (χ1v) is 10.1. The molecule has 27 heavy (non-hydrogen) atoms. The van der Waals surface area contributed by atoms with Crippen LogP contribution in [0, 0.1) is 5.92 Å². The molecule has 5 heteroatoms. The number of carbonyl (C=O) groups is 2. The Morgan fingerprint density at radius 2 is 1.93 bits per heavy atom. The van der Waals surface area contributed by atoms with Crippen molar-refractivity contribution in [2.75, 3.05) is 7.05 Å². The fourth-order valence-electron chi connectivity index (χ4n) is 5.00. The number of aliphatic carboxylic acids is 1. The van der Waals surface area contributed by atoms with Crippen molar-refractivity contribution in [1.82, 2.24) is 9.47 Å². The van der Waals surface area contributed by atoms with E-state index in [0.717, 1.165) is 41.5 Å². The van der Waals surface area contributed by atoms with Crippen molar-refractivity contribution in [3.05, 3.63) is 35.5 Å². The molecular formula is C22H28N2O3. The standard InChI is InChI=1S/C22H28N2O3/c1-23(21(25)12-15-6-2-3-7-15)16-10-11-20-18(13-22(26)27)17-8-4-5-9-19(17)24(20)14-16/h4-5,8-9,15-16H,2-3,6-7,10-14H2,1H3,(H,26,27)/t16-/m1/s1. The van der Waals surface area contributed by atoms with Crippen LogP contribution in [0.3, 0.4) is 0 Å². The number of fused-ring (bicyclic) bond motifs is 3. The number of carbonyl (C=O) groups excluding carboxylic acids is 1. The van der Waals surface area contributed by atoms with Gasteiger partial charge in [0.05, 0.1) is 6.42 Å². The van der Waals surface area contributed by atoms with E-state index in [1.165, 1.54) is 25.7 Å². The number of rotatable bonds is 5. The molecule has 1 amide bonds. The number of benzene rings is 1. The van der Waals surface area contributed by atoms with Crippen molar-refractivity contribution >= 4 is 22.8 Å². The number of hydrogen-bond acceptors (Lipinski definition) is 2. The number of nitrogens with zero attached hydrogens (tertiary/aromatic N) is 2. The van der Waals surface area contributed by atoms with E-state index in [0.29, 0.717) is 12.3 Å². The molecule has 1 aromatic heterocycles. The van der Waals surface area contributed by atoms with Crippen molar-refractivity contribution in [3.8, 4) is 0 Å². The highest BCUT2D eigenvalue weighted by molar-refractivity contribution is 5.89. The summed E-state index contributed by atoms with van der Waals surface area (Å²) in [6.07, 6.45) is 7.36. The lowest BCUT2D eigenvalue weighted by Gasteiger charge is -2.34. The van der Waals surface area contributed by atoms with Crippen LogP contribution in [0.4, 0.5) is 0 Å². The molecule has 0 saturated heterocycles. The number of hydrogen-bond donors (Lipinski definition) is 1. The average Bonchev–Trinajstić information content (AvgIpc) is 3.27. The molecule has 1 aromatic carbocycles. The van der Waals surface area contributed by atoms with Gasteiger partial charge in [-0.15, -0.1) is 0 Å². The topological polar surface area (TPSA) is 62.5 Å². The second-order valence-corrected chi connectivity index (χ2v) is 8.18. The van der Waals surface area contributed by atoms with Gasteiger partial charge in [-0.3, -0.25) is 9.59 Å². The van der Waals surface area contributed by atoms with Crippen molar-refractivity contribution in [3.63, 3.8) is 0 Å². The third-order valence-corrected chi connectivity index (χ3v) is 6.51. The maximum absolute atomic E-state index is 12.8. The number of aromatic nitrogens is 1. The van der Waals surface area contributed by atoms with E-state index in [-0.39, 0.29) is 18.4 Å². The number of likely N-dealkylation sites (N-methyl/N-ethyl adjacent to an activating group) is 1. The fraction of sp³-hybridized carbons (Fsp3) is 0.545. The molecule has 1 saturated carbocycles. The Labute approximate surface area is 160 Å². The zero-order chi connectivity index (χ0) is 19.0. The summed E-state index contributed by atoms with van der Waals surface area (Å²) >= 11 is 0. The lowest BCUT2D eigenvalue weighted by molar-refractivity contribution is -0.136. The van der Waals surface area contributed by atoms with Crippen molar-refractivity contribution < 1.29 is 14.7 Å². The molecule has 2 aromatic rings. The van der Waals surface area contributed by atoms with E-state index in [1.807, 2.05) is 30.1 Å². The largest absolute Gasteiger partial charge is 0.481 e. The Bertz CT molecular complexity index is 864.